The Labute approximate surface area is 158 Å². The second-order valence-electron chi connectivity index (χ2n) is 7.15. The topological polar surface area (TPSA) is 0 Å². The first-order chi connectivity index (χ1) is 12.8. The van der Waals surface area contributed by atoms with Gasteiger partial charge in [-0.15, -0.1) is 0 Å². The Bertz CT molecular complexity index is 724. The molecule has 0 fully saturated rings. The summed E-state index contributed by atoms with van der Waals surface area (Å²) < 4.78 is 0. The van der Waals surface area contributed by atoms with Gasteiger partial charge in [0.2, 0.25) is 0 Å². The van der Waals surface area contributed by atoms with Crippen LogP contribution in [0.25, 0.3) is 22.3 Å². The third-order valence-corrected chi connectivity index (χ3v) is 5.09. The Morgan fingerprint density at radius 1 is 0.500 bits per heavy atom. The standard InChI is InChI=1S/C26H30/c1-3-5-9-21-13-17-23(18-14-21)25-11-7-8-12-26(25)24-19-15-22(16-20-24)10-6-4-2/h7-8,11-20H,3-6,9-10H2,1-2H3. The molecule has 0 nitrogen and oxygen atoms in total. The third kappa shape index (κ3) is 4.64. The number of unbranched alkanes of at least 4 members (excludes halogenated alkanes) is 2. The van der Waals surface area contributed by atoms with Crippen LogP contribution in [-0.2, 0) is 12.8 Å². The number of hydrogen-bond acceptors (Lipinski definition) is 0. The molecule has 134 valence electrons. The molecule has 0 aliphatic carbocycles. The lowest BCUT2D eigenvalue weighted by Gasteiger charge is -2.12. The van der Waals surface area contributed by atoms with Crippen molar-refractivity contribution >= 4 is 0 Å². The van der Waals surface area contributed by atoms with Gasteiger partial charge in [0.1, 0.15) is 0 Å². The van der Waals surface area contributed by atoms with Crippen LogP contribution in [0.15, 0.2) is 72.8 Å². The maximum absolute atomic E-state index is 2.29. The third-order valence-electron chi connectivity index (χ3n) is 5.09. The highest BCUT2D eigenvalue weighted by molar-refractivity contribution is 5.83. The van der Waals surface area contributed by atoms with Crippen LogP contribution in [0.3, 0.4) is 0 Å². The zero-order chi connectivity index (χ0) is 18.2. The van der Waals surface area contributed by atoms with Crippen LogP contribution in [0.4, 0.5) is 0 Å². The maximum atomic E-state index is 2.29. The number of hydrogen-bond donors (Lipinski definition) is 0. The minimum Gasteiger partial charge on any atom is -0.0654 e. The van der Waals surface area contributed by atoms with Crippen molar-refractivity contribution in [1.29, 1.82) is 0 Å². The first-order valence-corrected chi connectivity index (χ1v) is 10.1. The van der Waals surface area contributed by atoms with Crippen LogP contribution < -0.4 is 0 Å². The van der Waals surface area contributed by atoms with Crippen molar-refractivity contribution in [3.05, 3.63) is 83.9 Å². The Kier molecular flexibility index (Phi) is 6.66. The summed E-state index contributed by atoms with van der Waals surface area (Å²) in [6, 6.07) is 27.0. The molecule has 0 aromatic heterocycles. The fourth-order valence-electron chi connectivity index (χ4n) is 3.45. The first-order valence-electron chi connectivity index (χ1n) is 10.1. The van der Waals surface area contributed by atoms with Gasteiger partial charge in [-0.3, -0.25) is 0 Å². The molecular weight excluding hydrogens is 312 g/mol. The van der Waals surface area contributed by atoms with Crippen molar-refractivity contribution in [2.24, 2.45) is 0 Å². The van der Waals surface area contributed by atoms with Crippen molar-refractivity contribution in [2.75, 3.05) is 0 Å². The highest BCUT2D eigenvalue weighted by Crippen LogP contribution is 2.32. The minimum atomic E-state index is 1.18. The van der Waals surface area contributed by atoms with Gasteiger partial charge in [0, 0.05) is 0 Å². The van der Waals surface area contributed by atoms with Gasteiger partial charge in [0.05, 0.1) is 0 Å². The predicted octanol–water partition coefficient (Wildman–Crippen LogP) is 7.71. The van der Waals surface area contributed by atoms with E-state index in [9.17, 15) is 0 Å². The molecular formula is C26H30. The molecule has 0 heterocycles. The molecule has 0 saturated carbocycles. The number of aryl methyl sites for hydroxylation is 2. The SMILES string of the molecule is CCCCc1ccc(-c2ccccc2-c2ccc(CCCC)cc2)cc1. The molecule has 0 N–H and O–H groups in total. The molecule has 0 aliphatic heterocycles. The number of rotatable bonds is 8. The van der Waals surface area contributed by atoms with E-state index in [0.717, 1.165) is 0 Å². The highest BCUT2D eigenvalue weighted by atomic mass is 14.1. The molecule has 0 aliphatic rings. The van der Waals surface area contributed by atoms with Crippen molar-refractivity contribution in [2.45, 2.75) is 52.4 Å². The zero-order valence-electron chi connectivity index (χ0n) is 16.2. The smallest absolute Gasteiger partial charge is 0.0105 e. The fourth-order valence-corrected chi connectivity index (χ4v) is 3.45. The summed E-state index contributed by atoms with van der Waals surface area (Å²) in [6.45, 7) is 4.50. The van der Waals surface area contributed by atoms with Crippen LogP contribution >= 0.6 is 0 Å². The van der Waals surface area contributed by atoms with Crippen LogP contribution in [0.1, 0.15) is 50.7 Å². The largest absolute Gasteiger partial charge is 0.0654 e. The summed E-state index contributed by atoms with van der Waals surface area (Å²) in [7, 11) is 0. The van der Waals surface area contributed by atoms with Gasteiger partial charge >= 0.3 is 0 Å². The van der Waals surface area contributed by atoms with Crippen molar-refractivity contribution < 1.29 is 0 Å². The van der Waals surface area contributed by atoms with Crippen LogP contribution in [0, 0.1) is 0 Å². The molecule has 0 amide bonds. The van der Waals surface area contributed by atoms with Gasteiger partial charge in [-0.1, -0.05) is 99.5 Å². The summed E-state index contributed by atoms with van der Waals surface area (Å²) in [5.74, 6) is 0. The molecule has 3 aromatic rings. The van der Waals surface area contributed by atoms with Crippen LogP contribution in [-0.4, -0.2) is 0 Å². The van der Waals surface area contributed by atoms with Gasteiger partial charge in [-0.2, -0.15) is 0 Å². The Hall–Kier alpha value is -2.34. The zero-order valence-corrected chi connectivity index (χ0v) is 16.2. The number of benzene rings is 3. The quantitative estimate of drug-likeness (QED) is 0.393. The van der Waals surface area contributed by atoms with Crippen molar-refractivity contribution in [3.63, 3.8) is 0 Å². The van der Waals surface area contributed by atoms with E-state index >= 15 is 0 Å². The lowest BCUT2D eigenvalue weighted by Crippen LogP contribution is -1.89. The van der Waals surface area contributed by atoms with E-state index in [4.69, 9.17) is 0 Å². The van der Waals surface area contributed by atoms with E-state index in [0.29, 0.717) is 0 Å². The molecule has 0 atom stereocenters. The second kappa shape index (κ2) is 9.38. The fraction of sp³-hybridized carbons (Fsp3) is 0.308. The molecule has 3 rings (SSSR count). The van der Waals surface area contributed by atoms with Gasteiger partial charge in [0.15, 0.2) is 0 Å². The summed E-state index contributed by atoms with van der Waals surface area (Å²) in [5.41, 5.74) is 8.11. The summed E-state index contributed by atoms with van der Waals surface area (Å²) in [6.07, 6.45) is 7.38. The Morgan fingerprint density at radius 2 is 0.885 bits per heavy atom. The van der Waals surface area contributed by atoms with Gasteiger partial charge < -0.3 is 0 Å². The molecule has 0 bridgehead atoms. The Morgan fingerprint density at radius 3 is 1.23 bits per heavy atom. The van der Waals surface area contributed by atoms with Gasteiger partial charge in [-0.25, -0.2) is 0 Å². The average Bonchev–Trinajstić information content (AvgIpc) is 2.71. The average molecular weight is 343 g/mol. The van der Waals surface area contributed by atoms with Crippen LogP contribution in [0.5, 0.6) is 0 Å². The summed E-state index contributed by atoms with van der Waals surface area (Å²) >= 11 is 0. The lowest BCUT2D eigenvalue weighted by atomic mass is 9.93. The van der Waals surface area contributed by atoms with E-state index in [2.05, 4.69) is 86.6 Å². The van der Waals surface area contributed by atoms with Gasteiger partial charge in [0.25, 0.3) is 0 Å². The van der Waals surface area contributed by atoms with E-state index in [-0.39, 0.29) is 0 Å². The molecule has 0 spiro atoms. The van der Waals surface area contributed by atoms with E-state index in [1.807, 2.05) is 0 Å². The predicted molar refractivity (Wildman–Crippen MR) is 115 cm³/mol. The summed E-state index contributed by atoms with van der Waals surface area (Å²) in [4.78, 5) is 0. The summed E-state index contributed by atoms with van der Waals surface area (Å²) in [5, 5.41) is 0. The molecule has 0 saturated heterocycles. The Balaban J connectivity index is 1.86. The van der Waals surface area contributed by atoms with Crippen molar-refractivity contribution in [1.82, 2.24) is 0 Å². The normalized spacial score (nSPS) is 10.8. The van der Waals surface area contributed by atoms with Gasteiger partial charge in [-0.05, 0) is 59.1 Å². The van der Waals surface area contributed by atoms with E-state index in [1.165, 1.54) is 71.9 Å². The second-order valence-corrected chi connectivity index (χ2v) is 7.15. The lowest BCUT2D eigenvalue weighted by molar-refractivity contribution is 0.795. The maximum Gasteiger partial charge on any atom is -0.0105 e. The molecule has 3 aromatic carbocycles. The first kappa shape index (κ1) is 18.5. The molecule has 0 unspecified atom stereocenters. The van der Waals surface area contributed by atoms with E-state index < -0.39 is 0 Å². The molecule has 0 heteroatoms. The molecule has 0 radical (unpaired) electrons. The monoisotopic (exact) mass is 342 g/mol. The minimum absolute atomic E-state index is 1.18. The van der Waals surface area contributed by atoms with Crippen molar-refractivity contribution in [3.8, 4) is 22.3 Å². The molecule has 26 heavy (non-hydrogen) atoms. The van der Waals surface area contributed by atoms with E-state index in [1.54, 1.807) is 0 Å². The highest BCUT2D eigenvalue weighted by Gasteiger charge is 2.07. The van der Waals surface area contributed by atoms with Crippen LogP contribution in [0.2, 0.25) is 0 Å².